The molecule has 1 saturated heterocycles. The molecular weight excluding hydrogens is 440 g/mol. The van der Waals surface area contributed by atoms with Crippen molar-refractivity contribution in [2.24, 2.45) is 0 Å². The van der Waals surface area contributed by atoms with Gasteiger partial charge >= 0.3 is 6.03 Å². The standard InChI is InChI=1S/C28H30N4O3/c1-17(2)13-14-31-27(34)24(29-28(31)35)16-22-23(15-21-11-7-6-9-19(21)4)30-32(26(22)33)25-12-8-10-18(3)20(25)5/h6-13,16,30H,14-15H2,1-5H3,(H,29,35). The van der Waals surface area contributed by atoms with Crippen molar-refractivity contribution in [2.45, 2.75) is 41.0 Å². The Morgan fingerprint density at radius 3 is 2.37 bits per heavy atom. The maximum absolute atomic E-state index is 13.6. The molecule has 1 aliphatic rings. The lowest BCUT2D eigenvalue weighted by Gasteiger charge is -2.09. The Bertz CT molecular complexity index is 1430. The average molecular weight is 471 g/mol. The molecule has 0 aliphatic carbocycles. The molecule has 2 N–H and O–H groups in total. The highest BCUT2D eigenvalue weighted by Gasteiger charge is 2.33. The lowest BCUT2D eigenvalue weighted by atomic mass is 10.0. The number of aromatic amines is 1. The molecule has 1 aliphatic heterocycles. The number of urea groups is 1. The van der Waals surface area contributed by atoms with Gasteiger partial charge in [-0.2, -0.15) is 0 Å². The second kappa shape index (κ2) is 9.62. The molecule has 0 atom stereocenters. The minimum Gasteiger partial charge on any atom is -0.303 e. The van der Waals surface area contributed by atoms with E-state index < -0.39 is 11.9 Å². The number of nitrogens with one attached hydrogen (secondary N) is 2. The van der Waals surface area contributed by atoms with E-state index in [0.717, 1.165) is 38.4 Å². The van der Waals surface area contributed by atoms with Crippen LogP contribution >= 0.6 is 0 Å². The predicted octanol–water partition coefficient (Wildman–Crippen LogP) is 4.54. The summed E-state index contributed by atoms with van der Waals surface area (Å²) in [4.78, 5) is 40.2. The first-order valence-electron chi connectivity index (χ1n) is 11.6. The van der Waals surface area contributed by atoms with Crippen LogP contribution in [-0.2, 0) is 11.2 Å². The highest BCUT2D eigenvalue weighted by atomic mass is 16.2. The van der Waals surface area contributed by atoms with Gasteiger partial charge in [-0.15, -0.1) is 0 Å². The van der Waals surface area contributed by atoms with Gasteiger partial charge in [0.05, 0.1) is 11.3 Å². The molecule has 0 radical (unpaired) electrons. The smallest absolute Gasteiger partial charge is 0.303 e. The molecule has 1 aromatic heterocycles. The second-order valence-corrected chi connectivity index (χ2v) is 9.15. The van der Waals surface area contributed by atoms with Crippen molar-refractivity contribution in [1.29, 1.82) is 0 Å². The van der Waals surface area contributed by atoms with Crippen molar-refractivity contribution < 1.29 is 9.59 Å². The highest BCUT2D eigenvalue weighted by molar-refractivity contribution is 6.14. The molecule has 35 heavy (non-hydrogen) atoms. The highest BCUT2D eigenvalue weighted by Crippen LogP contribution is 2.21. The summed E-state index contributed by atoms with van der Waals surface area (Å²) in [5.41, 5.74) is 6.80. The first-order chi connectivity index (χ1) is 16.7. The lowest BCUT2D eigenvalue weighted by Crippen LogP contribution is -2.31. The van der Waals surface area contributed by atoms with E-state index in [1.165, 1.54) is 10.8 Å². The Kier molecular flexibility index (Phi) is 6.60. The molecule has 180 valence electrons. The monoisotopic (exact) mass is 470 g/mol. The third-order valence-electron chi connectivity index (χ3n) is 6.38. The van der Waals surface area contributed by atoms with Crippen LogP contribution in [0.25, 0.3) is 11.8 Å². The molecule has 0 unspecified atom stereocenters. The number of rotatable bonds is 6. The van der Waals surface area contributed by atoms with Crippen molar-refractivity contribution >= 4 is 18.0 Å². The van der Waals surface area contributed by atoms with Gasteiger partial charge in [0.15, 0.2) is 0 Å². The summed E-state index contributed by atoms with van der Waals surface area (Å²) in [6, 6.07) is 13.3. The molecule has 3 aromatic rings. The molecular formula is C28H30N4O3. The number of amides is 3. The molecule has 0 spiro atoms. The van der Waals surface area contributed by atoms with Gasteiger partial charge < -0.3 is 5.32 Å². The van der Waals surface area contributed by atoms with Gasteiger partial charge in [-0.05, 0) is 69.0 Å². The van der Waals surface area contributed by atoms with E-state index >= 15 is 0 Å². The maximum Gasteiger partial charge on any atom is 0.329 e. The zero-order valence-corrected chi connectivity index (χ0v) is 20.7. The summed E-state index contributed by atoms with van der Waals surface area (Å²) in [5.74, 6) is -0.451. The van der Waals surface area contributed by atoms with Gasteiger partial charge in [0, 0.05) is 18.7 Å². The normalized spacial score (nSPS) is 14.5. The Morgan fingerprint density at radius 1 is 0.943 bits per heavy atom. The molecule has 0 bridgehead atoms. The fourth-order valence-corrected chi connectivity index (χ4v) is 4.08. The summed E-state index contributed by atoms with van der Waals surface area (Å²) < 4.78 is 1.52. The third kappa shape index (κ3) is 4.75. The number of imide groups is 1. The van der Waals surface area contributed by atoms with Crippen molar-refractivity contribution in [3.8, 4) is 5.69 Å². The number of aromatic nitrogens is 2. The quantitative estimate of drug-likeness (QED) is 0.315. The van der Waals surface area contributed by atoms with Crippen molar-refractivity contribution in [3.63, 3.8) is 0 Å². The van der Waals surface area contributed by atoms with Gasteiger partial charge in [-0.25, -0.2) is 9.48 Å². The molecule has 7 nitrogen and oxygen atoms in total. The van der Waals surface area contributed by atoms with Crippen LogP contribution in [-0.4, -0.2) is 33.2 Å². The number of nitrogens with zero attached hydrogens (tertiary/aromatic N) is 2. The molecule has 1 fully saturated rings. The van der Waals surface area contributed by atoms with E-state index in [2.05, 4.69) is 10.4 Å². The molecule has 2 aromatic carbocycles. The van der Waals surface area contributed by atoms with Gasteiger partial charge in [0.2, 0.25) is 0 Å². The number of hydrogen-bond acceptors (Lipinski definition) is 3. The van der Waals surface area contributed by atoms with Crippen LogP contribution in [0.1, 0.15) is 47.4 Å². The molecule has 3 amide bonds. The van der Waals surface area contributed by atoms with Crippen molar-refractivity contribution in [2.75, 3.05) is 6.54 Å². The van der Waals surface area contributed by atoms with Gasteiger partial charge in [0.1, 0.15) is 5.70 Å². The van der Waals surface area contributed by atoms with E-state index in [1.54, 1.807) is 0 Å². The summed E-state index contributed by atoms with van der Waals surface area (Å²) >= 11 is 0. The number of hydrogen-bond donors (Lipinski definition) is 2. The zero-order chi connectivity index (χ0) is 25.3. The van der Waals surface area contributed by atoms with Crippen molar-refractivity contribution in [1.82, 2.24) is 20.0 Å². The lowest BCUT2D eigenvalue weighted by molar-refractivity contribution is -0.122. The Labute approximate surface area is 204 Å². The van der Waals surface area contributed by atoms with Crippen LogP contribution in [0.3, 0.4) is 0 Å². The third-order valence-corrected chi connectivity index (χ3v) is 6.38. The first-order valence-corrected chi connectivity index (χ1v) is 11.6. The van der Waals surface area contributed by atoms with Crippen LogP contribution in [0.4, 0.5) is 4.79 Å². The number of aryl methyl sites for hydroxylation is 2. The number of benzene rings is 2. The minimum atomic E-state index is -0.496. The Morgan fingerprint density at radius 2 is 1.66 bits per heavy atom. The largest absolute Gasteiger partial charge is 0.329 e. The number of allylic oxidation sites excluding steroid dienone is 1. The average Bonchev–Trinajstić information content (AvgIpc) is 3.26. The van der Waals surface area contributed by atoms with E-state index in [4.69, 9.17) is 0 Å². The Hall–Kier alpha value is -4.13. The van der Waals surface area contributed by atoms with Crippen LogP contribution < -0.4 is 10.9 Å². The van der Waals surface area contributed by atoms with Crippen LogP contribution in [0.15, 0.2) is 64.6 Å². The topological polar surface area (TPSA) is 87.2 Å². The maximum atomic E-state index is 13.6. The zero-order valence-electron chi connectivity index (χ0n) is 20.7. The summed E-state index contributed by atoms with van der Waals surface area (Å²) in [7, 11) is 0. The number of H-pyrrole nitrogens is 1. The van der Waals surface area contributed by atoms with E-state index in [0.29, 0.717) is 17.7 Å². The van der Waals surface area contributed by atoms with Gasteiger partial charge in [-0.3, -0.25) is 19.6 Å². The van der Waals surface area contributed by atoms with Crippen molar-refractivity contribution in [3.05, 3.63) is 104 Å². The van der Waals surface area contributed by atoms with Crippen LogP contribution in [0.5, 0.6) is 0 Å². The van der Waals surface area contributed by atoms with Crippen LogP contribution in [0, 0.1) is 20.8 Å². The van der Waals surface area contributed by atoms with Crippen LogP contribution in [0.2, 0.25) is 0 Å². The molecule has 4 rings (SSSR count). The Balaban J connectivity index is 1.83. The fraction of sp³-hybridized carbons (Fsp3) is 0.250. The predicted molar refractivity (Wildman–Crippen MR) is 138 cm³/mol. The molecule has 0 saturated carbocycles. The first kappa shape index (κ1) is 24.0. The minimum absolute atomic E-state index is 0.0902. The van der Waals surface area contributed by atoms with Gasteiger partial charge in [0.25, 0.3) is 11.5 Å². The van der Waals surface area contributed by atoms with E-state index in [9.17, 15) is 14.4 Å². The second-order valence-electron chi connectivity index (χ2n) is 9.15. The number of carbonyl (C=O) groups excluding carboxylic acids is 2. The molecule has 7 heteroatoms. The van der Waals surface area contributed by atoms with Gasteiger partial charge in [-0.1, -0.05) is 48.0 Å². The summed E-state index contributed by atoms with van der Waals surface area (Å²) in [5, 5.41) is 5.91. The SMILES string of the molecule is CC(C)=CCN1C(=O)NC(=Cc2c(Cc3ccccc3C)[nH]n(-c3cccc(C)c3C)c2=O)C1=O. The summed E-state index contributed by atoms with van der Waals surface area (Å²) in [6.45, 7) is 9.98. The summed E-state index contributed by atoms with van der Waals surface area (Å²) in [6.07, 6.45) is 3.78. The molecule has 2 heterocycles. The number of carbonyl (C=O) groups is 2. The van der Waals surface area contributed by atoms with E-state index in [1.807, 2.05) is 83.2 Å². The van der Waals surface area contributed by atoms with E-state index in [-0.39, 0.29) is 17.8 Å². The fourth-order valence-electron chi connectivity index (χ4n) is 4.08.